The molecule has 0 saturated carbocycles. The molecule has 0 bridgehead atoms. The number of amides is 1. The molecule has 1 aromatic rings. The van der Waals surface area contributed by atoms with Crippen LogP contribution in [0.5, 0.6) is 0 Å². The van der Waals surface area contributed by atoms with Gasteiger partial charge in [0.25, 0.3) is 5.91 Å². The first-order valence-corrected chi connectivity index (χ1v) is 6.25. The third kappa shape index (κ3) is 3.20. The third-order valence-electron chi connectivity index (χ3n) is 3.34. The SMILES string of the molecule is CC(NC(=O)c1cccc(=O)[nH]1)C1CCOCC1. The van der Waals surface area contributed by atoms with Gasteiger partial charge in [-0.1, -0.05) is 6.07 Å². The van der Waals surface area contributed by atoms with Crippen molar-refractivity contribution in [2.45, 2.75) is 25.8 Å². The molecule has 0 spiro atoms. The van der Waals surface area contributed by atoms with Gasteiger partial charge in [0.05, 0.1) is 0 Å². The van der Waals surface area contributed by atoms with E-state index in [-0.39, 0.29) is 17.5 Å². The number of hydrogen-bond donors (Lipinski definition) is 2. The Kier molecular flexibility index (Phi) is 4.15. The molecule has 98 valence electrons. The van der Waals surface area contributed by atoms with Crippen molar-refractivity contribution < 1.29 is 9.53 Å². The maximum absolute atomic E-state index is 11.9. The topological polar surface area (TPSA) is 71.2 Å². The van der Waals surface area contributed by atoms with Gasteiger partial charge < -0.3 is 15.0 Å². The van der Waals surface area contributed by atoms with Crippen LogP contribution >= 0.6 is 0 Å². The summed E-state index contributed by atoms with van der Waals surface area (Å²) in [7, 11) is 0. The van der Waals surface area contributed by atoms with Crippen LogP contribution in [-0.4, -0.2) is 30.1 Å². The van der Waals surface area contributed by atoms with Crippen molar-refractivity contribution in [3.63, 3.8) is 0 Å². The summed E-state index contributed by atoms with van der Waals surface area (Å²) >= 11 is 0. The molecule has 2 N–H and O–H groups in total. The molecule has 0 aromatic carbocycles. The smallest absolute Gasteiger partial charge is 0.268 e. The van der Waals surface area contributed by atoms with Crippen LogP contribution in [0.25, 0.3) is 0 Å². The van der Waals surface area contributed by atoms with Crippen LogP contribution in [0.4, 0.5) is 0 Å². The summed E-state index contributed by atoms with van der Waals surface area (Å²) in [5, 5.41) is 2.93. The summed E-state index contributed by atoms with van der Waals surface area (Å²) in [5.41, 5.74) is 0.0442. The Morgan fingerprint density at radius 2 is 2.17 bits per heavy atom. The van der Waals surface area contributed by atoms with E-state index in [9.17, 15) is 9.59 Å². The maximum Gasteiger partial charge on any atom is 0.268 e. The lowest BCUT2D eigenvalue weighted by atomic mass is 9.93. The summed E-state index contributed by atoms with van der Waals surface area (Å²) in [6.45, 7) is 3.51. The molecule has 0 radical (unpaired) electrons. The Hall–Kier alpha value is -1.62. The Bertz CT molecular complexity index is 463. The van der Waals surface area contributed by atoms with Gasteiger partial charge in [-0.05, 0) is 31.7 Å². The van der Waals surface area contributed by atoms with Gasteiger partial charge >= 0.3 is 0 Å². The van der Waals surface area contributed by atoms with Gasteiger partial charge in [-0.25, -0.2) is 0 Å². The molecule has 1 atom stereocenters. The number of aromatic amines is 1. The van der Waals surface area contributed by atoms with E-state index in [1.165, 1.54) is 6.07 Å². The lowest BCUT2D eigenvalue weighted by Crippen LogP contribution is -2.40. The zero-order valence-electron chi connectivity index (χ0n) is 10.4. The molecule has 1 fully saturated rings. The van der Waals surface area contributed by atoms with E-state index >= 15 is 0 Å². The van der Waals surface area contributed by atoms with Crippen molar-refractivity contribution in [3.8, 4) is 0 Å². The van der Waals surface area contributed by atoms with E-state index < -0.39 is 0 Å². The van der Waals surface area contributed by atoms with Crippen molar-refractivity contribution in [1.82, 2.24) is 10.3 Å². The minimum Gasteiger partial charge on any atom is -0.381 e. The summed E-state index contributed by atoms with van der Waals surface area (Å²) in [6, 6.07) is 4.66. The lowest BCUT2D eigenvalue weighted by Gasteiger charge is -2.28. The molecule has 5 heteroatoms. The average molecular weight is 250 g/mol. The molecule has 1 aliphatic heterocycles. The van der Waals surface area contributed by atoms with E-state index in [1.807, 2.05) is 6.92 Å². The van der Waals surface area contributed by atoms with Crippen LogP contribution in [0.3, 0.4) is 0 Å². The quantitative estimate of drug-likeness (QED) is 0.838. The number of carbonyl (C=O) groups is 1. The van der Waals surface area contributed by atoms with Crippen LogP contribution in [0, 0.1) is 5.92 Å². The number of nitrogens with one attached hydrogen (secondary N) is 2. The molecule has 1 amide bonds. The molecule has 1 unspecified atom stereocenters. The number of H-pyrrole nitrogens is 1. The van der Waals surface area contributed by atoms with E-state index in [4.69, 9.17) is 4.74 Å². The summed E-state index contributed by atoms with van der Waals surface area (Å²) < 4.78 is 5.30. The summed E-state index contributed by atoms with van der Waals surface area (Å²) in [5.74, 6) is 0.213. The fourth-order valence-corrected chi connectivity index (χ4v) is 2.20. The van der Waals surface area contributed by atoms with Gasteiger partial charge in [0, 0.05) is 25.3 Å². The zero-order chi connectivity index (χ0) is 13.0. The largest absolute Gasteiger partial charge is 0.381 e. The maximum atomic E-state index is 11.9. The standard InChI is InChI=1S/C13H18N2O3/c1-9(10-5-7-18-8-6-10)14-13(17)11-3-2-4-12(16)15-11/h2-4,9-10H,5-8H2,1H3,(H,14,17)(H,15,16). The van der Waals surface area contributed by atoms with Crippen LogP contribution in [0.2, 0.25) is 0 Å². The number of aromatic nitrogens is 1. The van der Waals surface area contributed by atoms with Crippen LogP contribution in [0.1, 0.15) is 30.3 Å². The minimum atomic E-state index is -0.263. The molecule has 0 aliphatic carbocycles. The van der Waals surface area contributed by atoms with Gasteiger partial charge in [-0.3, -0.25) is 9.59 Å². The number of carbonyl (C=O) groups excluding carboxylic acids is 1. The lowest BCUT2D eigenvalue weighted by molar-refractivity contribution is 0.0537. The van der Waals surface area contributed by atoms with Gasteiger partial charge in [-0.15, -0.1) is 0 Å². The molecule has 1 aliphatic rings. The second-order valence-corrected chi connectivity index (χ2v) is 4.64. The first-order valence-electron chi connectivity index (χ1n) is 6.25. The second-order valence-electron chi connectivity index (χ2n) is 4.64. The van der Waals surface area contributed by atoms with Crippen molar-refractivity contribution in [1.29, 1.82) is 0 Å². The highest BCUT2D eigenvalue weighted by Crippen LogP contribution is 2.18. The highest BCUT2D eigenvalue weighted by Gasteiger charge is 2.22. The second kappa shape index (κ2) is 5.82. The van der Waals surface area contributed by atoms with E-state index in [0.717, 1.165) is 26.1 Å². The molecule has 1 aromatic heterocycles. The number of rotatable bonds is 3. The first kappa shape index (κ1) is 12.8. The highest BCUT2D eigenvalue weighted by molar-refractivity contribution is 5.92. The average Bonchev–Trinajstić information content (AvgIpc) is 2.39. The highest BCUT2D eigenvalue weighted by atomic mass is 16.5. The van der Waals surface area contributed by atoms with Crippen LogP contribution < -0.4 is 10.9 Å². The third-order valence-corrected chi connectivity index (χ3v) is 3.34. The van der Waals surface area contributed by atoms with Crippen molar-refractivity contribution >= 4 is 5.91 Å². The minimum absolute atomic E-state index is 0.0881. The zero-order valence-corrected chi connectivity index (χ0v) is 10.4. The Labute approximate surface area is 106 Å². The number of pyridine rings is 1. The van der Waals surface area contributed by atoms with Crippen molar-refractivity contribution in [2.75, 3.05) is 13.2 Å². The van der Waals surface area contributed by atoms with Crippen LogP contribution in [0.15, 0.2) is 23.0 Å². The Balaban J connectivity index is 1.96. The summed E-state index contributed by atoms with van der Waals surface area (Å²) in [6.07, 6.45) is 1.93. The van der Waals surface area contributed by atoms with Gasteiger partial charge in [0.1, 0.15) is 5.69 Å². The molecule has 1 saturated heterocycles. The fourth-order valence-electron chi connectivity index (χ4n) is 2.20. The van der Waals surface area contributed by atoms with Gasteiger partial charge in [-0.2, -0.15) is 0 Å². The monoisotopic (exact) mass is 250 g/mol. The number of hydrogen-bond acceptors (Lipinski definition) is 3. The van der Waals surface area contributed by atoms with Gasteiger partial charge in [0.15, 0.2) is 0 Å². The van der Waals surface area contributed by atoms with Gasteiger partial charge in [0.2, 0.25) is 5.56 Å². The predicted octanol–water partition coefficient (Wildman–Crippen LogP) is 0.920. The predicted molar refractivity (Wildman–Crippen MR) is 67.5 cm³/mol. The Morgan fingerprint density at radius 3 is 2.83 bits per heavy atom. The van der Waals surface area contributed by atoms with Crippen molar-refractivity contribution in [2.24, 2.45) is 5.92 Å². The molecular weight excluding hydrogens is 232 g/mol. The first-order chi connectivity index (χ1) is 8.66. The molecule has 2 rings (SSSR count). The normalized spacial score (nSPS) is 18.3. The molecule has 5 nitrogen and oxygen atoms in total. The molecule has 2 heterocycles. The van der Waals surface area contributed by atoms with E-state index in [0.29, 0.717) is 11.6 Å². The van der Waals surface area contributed by atoms with E-state index in [1.54, 1.807) is 12.1 Å². The Morgan fingerprint density at radius 1 is 1.44 bits per heavy atom. The fraction of sp³-hybridized carbons (Fsp3) is 0.538. The molecule has 18 heavy (non-hydrogen) atoms. The van der Waals surface area contributed by atoms with Crippen molar-refractivity contribution in [3.05, 3.63) is 34.2 Å². The summed E-state index contributed by atoms with van der Waals surface area (Å²) in [4.78, 5) is 25.6. The van der Waals surface area contributed by atoms with E-state index in [2.05, 4.69) is 10.3 Å². The van der Waals surface area contributed by atoms with Crippen LogP contribution in [-0.2, 0) is 4.74 Å². The number of ether oxygens (including phenoxy) is 1. The molecular formula is C13H18N2O3.